The van der Waals surface area contributed by atoms with E-state index in [0.29, 0.717) is 40.1 Å². The standard InChI is InChI=1S/C28H28FN3O4S/c1-3-28(35)17-9-20-24-15(11-32(20)26(33)16(17)12-36-27(28)34)22-21(31-7-5-4-6-8-31)13-37-25-14(2)18(29)10-19(30-24)23(22)25/h9-10,21,35H,3-8,11-13H2,1-2H3/t21?,28-/m0/s1. The molecule has 2 aromatic heterocycles. The number of fused-ring (bicyclic) bond motifs is 5. The summed E-state index contributed by atoms with van der Waals surface area (Å²) in [5.74, 6) is -0.201. The summed E-state index contributed by atoms with van der Waals surface area (Å²) in [7, 11) is 0. The van der Waals surface area contributed by atoms with Crippen LogP contribution in [0.15, 0.2) is 21.8 Å². The van der Waals surface area contributed by atoms with Crippen molar-refractivity contribution in [2.75, 3.05) is 18.8 Å². The zero-order chi connectivity index (χ0) is 25.6. The molecule has 1 aromatic carbocycles. The van der Waals surface area contributed by atoms with Gasteiger partial charge in [0.1, 0.15) is 12.4 Å². The summed E-state index contributed by atoms with van der Waals surface area (Å²) in [5.41, 5.74) is 3.03. The topological polar surface area (TPSA) is 84.7 Å². The quantitative estimate of drug-likeness (QED) is 0.397. The van der Waals surface area contributed by atoms with Crippen molar-refractivity contribution in [1.29, 1.82) is 0 Å². The molecule has 1 saturated heterocycles. The van der Waals surface area contributed by atoms with E-state index < -0.39 is 11.6 Å². The van der Waals surface area contributed by atoms with E-state index in [4.69, 9.17) is 9.72 Å². The summed E-state index contributed by atoms with van der Waals surface area (Å²) in [5, 5.41) is 12.2. The van der Waals surface area contributed by atoms with Crippen molar-refractivity contribution >= 4 is 28.6 Å². The van der Waals surface area contributed by atoms with Crippen LogP contribution in [-0.4, -0.2) is 44.4 Å². The van der Waals surface area contributed by atoms with E-state index in [1.54, 1.807) is 29.3 Å². The van der Waals surface area contributed by atoms with Gasteiger partial charge in [0.2, 0.25) is 0 Å². The number of halogens is 1. The van der Waals surface area contributed by atoms with Gasteiger partial charge in [0.05, 0.1) is 29.0 Å². The summed E-state index contributed by atoms with van der Waals surface area (Å²) in [6, 6.07) is 3.39. The zero-order valence-corrected chi connectivity index (χ0v) is 21.7. The average molecular weight is 522 g/mol. The number of likely N-dealkylation sites (tertiary alicyclic amines) is 1. The molecule has 1 N–H and O–H groups in total. The van der Waals surface area contributed by atoms with Gasteiger partial charge in [-0.15, -0.1) is 11.8 Å². The van der Waals surface area contributed by atoms with E-state index >= 15 is 4.39 Å². The number of esters is 1. The number of hydrogen-bond acceptors (Lipinski definition) is 7. The van der Waals surface area contributed by atoms with Crippen LogP contribution in [0.5, 0.6) is 0 Å². The Balaban J connectivity index is 1.52. The van der Waals surface area contributed by atoms with Crippen LogP contribution in [0.3, 0.4) is 0 Å². The average Bonchev–Trinajstić information content (AvgIpc) is 3.29. The van der Waals surface area contributed by atoms with Crippen LogP contribution < -0.4 is 5.56 Å². The third-order valence-electron chi connectivity index (χ3n) is 8.71. The molecule has 0 saturated carbocycles. The molecular formula is C28H28FN3O4S. The maximum atomic E-state index is 15.0. The van der Waals surface area contributed by atoms with Gasteiger partial charge in [0.25, 0.3) is 5.56 Å². The van der Waals surface area contributed by atoms with Gasteiger partial charge < -0.3 is 14.4 Å². The van der Waals surface area contributed by atoms with Gasteiger partial charge in [-0.1, -0.05) is 13.3 Å². The van der Waals surface area contributed by atoms with Crippen molar-refractivity contribution in [3.63, 3.8) is 0 Å². The number of pyridine rings is 2. The Kier molecular flexibility index (Phi) is 5.13. The Bertz CT molecular complexity index is 1580. The number of cyclic esters (lactones) is 1. The molecule has 4 aliphatic heterocycles. The third-order valence-corrected chi connectivity index (χ3v) is 9.99. The maximum absolute atomic E-state index is 15.0. The first-order valence-electron chi connectivity index (χ1n) is 13.0. The van der Waals surface area contributed by atoms with Crippen LogP contribution in [0.25, 0.3) is 22.3 Å². The Morgan fingerprint density at radius 1 is 1.22 bits per heavy atom. The first kappa shape index (κ1) is 23.4. The van der Waals surface area contributed by atoms with E-state index in [1.165, 1.54) is 12.5 Å². The predicted molar refractivity (Wildman–Crippen MR) is 138 cm³/mol. The smallest absolute Gasteiger partial charge is 0.343 e. The van der Waals surface area contributed by atoms with E-state index in [1.807, 2.05) is 6.92 Å². The Hall–Kier alpha value is -2.75. The lowest BCUT2D eigenvalue weighted by molar-refractivity contribution is -0.172. The lowest BCUT2D eigenvalue weighted by atomic mass is 9.86. The highest BCUT2D eigenvalue weighted by Gasteiger charge is 2.46. The number of nitrogens with zero attached hydrogens (tertiary/aromatic N) is 3. The summed E-state index contributed by atoms with van der Waals surface area (Å²) in [6.07, 6.45) is 3.63. The van der Waals surface area contributed by atoms with Crippen molar-refractivity contribution in [2.24, 2.45) is 0 Å². The van der Waals surface area contributed by atoms with E-state index in [2.05, 4.69) is 4.90 Å². The number of hydrogen-bond donors (Lipinski definition) is 1. The first-order chi connectivity index (χ1) is 17.8. The second kappa shape index (κ2) is 8.12. The van der Waals surface area contributed by atoms with Crippen molar-refractivity contribution in [3.05, 3.63) is 56.1 Å². The van der Waals surface area contributed by atoms with Crippen LogP contribution in [0.1, 0.15) is 66.5 Å². The number of benzene rings is 1. The number of aromatic nitrogens is 2. The van der Waals surface area contributed by atoms with Crippen LogP contribution in [0.2, 0.25) is 0 Å². The van der Waals surface area contributed by atoms with Gasteiger partial charge in [-0.25, -0.2) is 14.2 Å². The molecule has 0 bridgehead atoms. The minimum atomic E-state index is -1.88. The third kappa shape index (κ3) is 3.11. The SMILES string of the molecule is CC[C@@]1(O)C(=O)OCc2c1cc1n(c2=O)Cc2c-1nc1cc(F)c(C)c3c1c2C(N1CCCCC1)CS3. The molecule has 4 aliphatic rings. The second-order valence-electron chi connectivity index (χ2n) is 10.6. The number of carbonyl (C=O) groups is 1. The van der Waals surface area contributed by atoms with Crippen molar-refractivity contribution < 1.29 is 19.0 Å². The summed E-state index contributed by atoms with van der Waals surface area (Å²) < 4.78 is 21.9. The van der Waals surface area contributed by atoms with Gasteiger partial charge in [-0.05, 0) is 56.5 Å². The maximum Gasteiger partial charge on any atom is 0.343 e. The molecule has 0 amide bonds. The van der Waals surface area contributed by atoms with Gasteiger partial charge in [0.15, 0.2) is 5.60 Å². The summed E-state index contributed by atoms with van der Waals surface area (Å²) in [4.78, 5) is 34.6. The van der Waals surface area contributed by atoms with Gasteiger partial charge in [-0.3, -0.25) is 9.69 Å². The highest BCUT2D eigenvalue weighted by molar-refractivity contribution is 7.99. The van der Waals surface area contributed by atoms with Crippen LogP contribution >= 0.6 is 11.8 Å². The fourth-order valence-corrected chi connectivity index (χ4v) is 8.00. The minimum absolute atomic E-state index is 0.0904. The van der Waals surface area contributed by atoms with E-state index in [9.17, 15) is 14.7 Å². The number of ether oxygens (including phenoxy) is 1. The van der Waals surface area contributed by atoms with E-state index in [-0.39, 0.29) is 30.4 Å². The largest absolute Gasteiger partial charge is 0.458 e. The Morgan fingerprint density at radius 3 is 2.76 bits per heavy atom. The molecule has 0 aliphatic carbocycles. The molecule has 6 heterocycles. The van der Waals surface area contributed by atoms with E-state index in [0.717, 1.165) is 53.1 Å². The fraction of sp³-hybridized carbons (Fsp3) is 0.464. The lowest BCUT2D eigenvalue weighted by Gasteiger charge is -2.38. The van der Waals surface area contributed by atoms with Gasteiger partial charge >= 0.3 is 5.97 Å². The Labute approximate surface area is 217 Å². The molecule has 1 unspecified atom stereocenters. The lowest BCUT2D eigenvalue weighted by Crippen LogP contribution is -2.44. The molecule has 1 fully saturated rings. The van der Waals surface area contributed by atoms with Crippen LogP contribution in [0, 0.1) is 12.7 Å². The predicted octanol–water partition coefficient (Wildman–Crippen LogP) is 4.16. The molecule has 192 valence electrons. The zero-order valence-electron chi connectivity index (χ0n) is 20.9. The normalized spacial score (nSPS) is 24.5. The van der Waals surface area contributed by atoms with Crippen molar-refractivity contribution in [1.82, 2.24) is 14.5 Å². The van der Waals surface area contributed by atoms with Gasteiger partial charge in [-0.2, -0.15) is 0 Å². The summed E-state index contributed by atoms with van der Waals surface area (Å²) >= 11 is 1.70. The molecular weight excluding hydrogens is 493 g/mol. The highest BCUT2D eigenvalue weighted by atomic mass is 32.2. The van der Waals surface area contributed by atoms with Crippen LogP contribution in [0.4, 0.5) is 4.39 Å². The minimum Gasteiger partial charge on any atom is -0.458 e. The molecule has 7 rings (SSSR count). The molecule has 2 atom stereocenters. The molecule has 9 heteroatoms. The van der Waals surface area contributed by atoms with Crippen molar-refractivity contribution in [3.8, 4) is 11.4 Å². The Morgan fingerprint density at radius 2 is 2.00 bits per heavy atom. The number of thioether (sulfide) groups is 1. The second-order valence-corrected chi connectivity index (χ2v) is 11.6. The molecule has 7 nitrogen and oxygen atoms in total. The highest BCUT2D eigenvalue weighted by Crippen LogP contribution is 2.50. The monoisotopic (exact) mass is 521 g/mol. The number of piperidine rings is 1. The number of carbonyl (C=O) groups excluding carboxylic acids is 1. The fourth-order valence-electron chi connectivity index (χ4n) is 6.62. The molecule has 37 heavy (non-hydrogen) atoms. The first-order valence-corrected chi connectivity index (χ1v) is 14.0. The number of aliphatic hydroxyl groups is 1. The number of rotatable bonds is 2. The van der Waals surface area contributed by atoms with Crippen molar-refractivity contribution in [2.45, 2.75) is 69.2 Å². The summed E-state index contributed by atoms with van der Waals surface area (Å²) in [6.45, 7) is 5.75. The van der Waals surface area contributed by atoms with Gasteiger partial charge in [0, 0.05) is 39.3 Å². The van der Waals surface area contributed by atoms with Crippen LogP contribution in [-0.2, 0) is 28.3 Å². The molecule has 0 spiro atoms. The molecule has 3 aromatic rings. The molecule has 0 radical (unpaired) electrons.